The maximum atomic E-state index is 13.0. The lowest BCUT2D eigenvalue weighted by Gasteiger charge is -2.11. The molecule has 2 aromatic carbocycles. The molecule has 0 spiro atoms. The Morgan fingerprint density at radius 2 is 1.80 bits per heavy atom. The Morgan fingerprint density at radius 1 is 1.10 bits per heavy atom. The van der Waals surface area contributed by atoms with E-state index in [0.29, 0.717) is 16.3 Å². The molecule has 2 aromatic rings. The lowest BCUT2D eigenvalue weighted by molar-refractivity contribution is 0.200. The molecule has 0 fully saturated rings. The Kier molecular flexibility index (Phi) is 5.40. The van der Waals surface area contributed by atoms with Gasteiger partial charge in [0, 0.05) is 21.7 Å². The van der Waals surface area contributed by atoms with Gasteiger partial charge in [0.1, 0.15) is 11.6 Å². The smallest absolute Gasteiger partial charge is 0.126 e. The first-order valence-electron chi connectivity index (χ1n) is 6.04. The van der Waals surface area contributed by atoms with Crippen LogP contribution in [0.2, 0.25) is 5.02 Å². The second-order valence-corrected chi connectivity index (χ2v) is 5.93. The summed E-state index contributed by atoms with van der Waals surface area (Å²) in [6.07, 6.45) is -0.470. The van der Waals surface area contributed by atoms with Gasteiger partial charge in [0.25, 0.3) is 0 Å². The SMILES string of the molecule is OC(CSc1cccc(Cl)c1)Cc1cc(F)cc(F)c1. The van der Waals surface area contributed by atoms with Crippen molar-refractivity contribution in [1.82, 2.24) is 0 Å². The van der Waals surface area contributed by atoms with E-state index in [1.165, 1.54) is 23.9 Å². The van der Waals surface area contributed by atoms with Gasteiger partial charge in [0.15, 0.2) is 0 Å². The van der Waals surface area contributed by atoms with E-state index in [0.717, 1.165) is 11.0 Å². The Morgan fingerprint density at radius 3 is 2.45 bits per heavy atom. The van der Waals surface area contributed by atoms with Gasteiger partial charge in [-0.2, -0.15) is 0 Å². The molecular formula is C15H13ClF2OS. The van der Waals surface area contributed by atoms with Crippen LogP contribution in [0.15, 0.2) is 47.4 Å². The molecule has 0 radical (unpaired) electrons. The van der Waals surface area contributed by atoms with Gasteiger partial charge in [0.2, 0.25) is 0 Å². The van der Waals surface area contributed by atoms with Gasteiger partial charge in [-0.05, 0) is 42.3 Å². The standard InChI is InChI=1S/C15H13ClF2OS/c16-11-2-1-3-15(7-11)20-9-14(19)6-10-4-12(17)8-13(18)5-10/h1-5,7-8,14,19H,6,9H2. The Bertz CT molecular complexity index is 572. The number of thioether (sulfide) groups is 1. The summed E-state index contributed by atoms with van der Waals surface area (Å²) in [6.45, 7) is 0. The van der Waals surface area contributed by atoms with E-state index in [4.69, 9.17) is 11.6 Å². The molecule has 2 rings (SSSR count). The van der Waals surface area contributed by atoms with Crippen LogP contribution in [0.25, 0.3) is 0 Å². The summed E-state index contributed by atoms with van der Waals surface area (Å²) in [4.78, 5) is 0.946. The van der Waals surface area contributed by atoms with E-state index in [2.05, 4.69) is 0 Å². The van der Waals surface area contributed by atoms with E-state index in [-0.39, 0.29) is 6.42 Å². The van der Waals surface area contributed by atoms with Crippen LogP contribution in [0.4, 0.5) is 8.78 Å². The largest absolute Gasteiger partial charge is 0.392 e. The van der Waals surface area contributed by atoms with Crippen molar-refractivity contribution in [1.29, 1.82) is 0 Å². The van der Waals surface area contributed by atoms with Crippen LogP contribution in [0.3, 0.4) is 0 Å². The number of halogens is 3. The van der Waals surface area contributed by atoms with Crippen LogP contribution in [-0.4, -0.2) is 17.0 Å². The van der Waals surface area contributed by atoms with Gasteiger partial charge in [-0.1, -0.05) is 17.7 Å². The van der Waals surface area contributed by atoms with Crippen molar-refractivity contribution in [3.05, 3.63) is 64.7 Å². The van der Waals surface area contributed by atoms with Gasteiger partial charge in [-0.25, -0.2) is 8.78 Å². The lowest BCUT2D eigenvalue weighted by Crippen LogP contribution is -2.13. The molecule has 0 aliphatic heterocycles. The number of aliphatic hydroxyl groups excluding tert-OH is 1. The van der Waals surface area contributed by atoms with Crippen molar-refractivity contribution < 1.29 is 13.9 Å². The summed E-state index contributed by atoms with van der Waals surface area (Å²) in [5.74, 6) is -0.831. The molecule has 1 nitrogen and oxygen atoms in total. The fraction of sp³-hybridized carbons (Fsp3) is 0.200. The highest BCUT2D eigenvalue weighted by Crippen LogP contribution is 2.23. The van der Waals surface area contributed by atoms with Crippen LogP contribution in [-0.2, 0) is 6.42 Å². The molecule has 0 aliphatic carbocycles. The van der Waals surface area contributed by atoms with Crippen LogP contribution in [0.5, 0.6) is 0 Å². The van der Waals surface area contributed by atoms with Gasteiger partial charge in [0.05, 0.1) is 6.10 Å². The number of benzene rings is 2. The molecule has 106 valence electrons. The minimum atomic E-state index is -0.680. The molecule has 1 atom stereocenters. The highest BCUT2D eigenvalue weighted by Gasteiger charge is 2.09. The topological polar surface area (TPSA) is 20.2 Å². The second-order valence-electron chi connectivity index (χ2n) is 4.40. The van der Waals surface area contributed by atoms with Gasteiger partial charge in [-0.15, -0.1) is 11.8 Å². The predicted molar refractivity (Wildman–Crippen MR) is 78.2 cm³/mol. The highest BCUT2D eigenvalue weighted by molar-refractivity contribution is 7.99. The first-order valence-corrected chi connectivity index (χ1v) is 7.40. The summed E-state index contributed by atoms with van der Waals surface area (Å²) >= 11 is 7.31. The summed E-state index contributed by atoms with van der Waals surface area (Å²) in [5.41, 5.74) is 0.446. The number of hydrogen-bond acceptors (Lipinski definition) is 2. The zero-order valence-corrected chi connectivity index (χ0v) is 12.1. The average molecular weight is 315 g/mol. The van der Waals surface area contributed by atoms with E-state index in [1.54, 1.807) is 12.1 Å². The van der Waals surface area contributed by atoms with E-state index < -0.39 is 17.7 Å². The summed E-state index contributed by atoms with van der Waals surface area (Å²) in [7, 11) is 0. The van der Waals surface area contributed by atoms with Crippen molar-refractivity contribution in [2.24, 2.45) is 0 Å². The lowest BCUT2D eigenvalue weighted by atomic mass is 10.1. The average Bonchev–Trinajstić information content (AvgIpc) is 2.35. The highest BCUT2D eigenvalue weighted by atomic mass is 35.5. The fourth-order valence-corrected chi connectivity index (χ4v) is 2.95. The van der Waals surface area contributed by atoms with Crippen LogP contribution < -0.4 is 0 Å². The van der Waals surface area contributed by atoms with Crippen molar-refractivity contribution in [2.75, 3.05) is 5.75 Å². The molecule has 5 heteroatoms. The first-order chi connectivity index (χ1) is 9.52. The zero-order chi connectivity index (χ0) is 14.5. The van der Waals surface area contributed by atoms with Crippen LogP contribution in [0.1, 0.15) is 5.56 Å². The van der Waals surface area contributed by atoms with E-state index in [9.17, 15) is 13.9 Å². The molecular weight excluding hydrogens is 302 g/mol. The summed E-state index contributed by atoms with van der Waals surface area (Å²) in [6, 6.07) is 10.6. The Hall–Kier alpha value is -1.10. The molecule has 0 aliphatic rings. The van der Waals surface area contributed by atoms with E-state index in [1.807, 2.05) is 12.1 Å². The molecule has 20 heavy (non-hydrogen) atoms. The number of rotatable bonds is 5. The van der Waals surface area contributed by atoms with Crippen LogP contribution >= 0.6 is 23.4 Å². The normalized spacial score (nSPS) is 12.4. The maximum absolute atomic E-state index is 13.0. The number of hydrogen-bond donors (Lipinski definition) is 1. The van der Waals surface area contributed by atoms with Gasteiger partial charge >= 0.3 is 0 Å². The Balaban J connectivity index is 1.90. The Labute approximate surface area is 125 Å². The van der Waals surface area contributed by atoms with Gasteiger partial charge in [-0.3, -0.25) is 0 Å². The molecule has 0 amide bonds. The van der Waals surface area contributed by atoms with Crippen molar-refractivity contribution in [3.63, 3.8) is 0 Å². The maximum Gasteiger partial charge on any atom is 0.126 e. The monoisotopic (exact) mass is 314 g/mol. The fourth-order valence-electron chi connectivity index (χ4n) is 1.81. The minimum absolute atomic E-state index is 0.211. The first kappa shape index (κ1) is 15.3. The summed E-state index contributed by atoms with van der Waals surface area (Å²) < 4.78 is 26.1. The minimum Gasteiger partial charge on any atom is -0.392 e. The molecule has 0 bridgehead atoms. The van der Waals surface area contributed by atoms with Gasteiger partial charge < -0.3 is 5.11 Å². The molecule has 1 N–H and O–H groups in total. The van der Waals surface area contributed by atoms with Crippen LogP contribution in [0, 0.1) is 11.6 Å². The molecule has 0 aromatic heterocycles. The third-order valence-corrected chi connectivity index (χ3v) is 4.01. The third-order valence-electron chi connectivity index (χ3n) is 2.63. The molecule has 0 saturated heterocycles. The molecule has 1 unspecified atom stereocenters. The predicted octanol–water partition coefficient (Wildman–Crippen LogP) is 4.31. The quantitative estimate of drug-likeness (QED) is 0.830. The molecule has 0 saturated carbocycles. The zero-order valence-electron chi connectivity index (χ0n) is 10.5. The second kappa shape index (κ2) is 7.07. The number of aliphatic hydroxyl groups is 1. The van der Waals surface area contributed by atoms with Crippen molar-refractivity contribution in [3.8, 4) is 0 Å². The third kappa shape index (κ3) is 4.78. The van der Waals surface area contributed by atoms with Crippen molar-refractivity contribution >= 4 is 23.4 Å². The van der Waals surface area contributed by atoms with Crippen molar-refractivity contribution in [2.45, 2.75) is 17.4 Å². The van der Waals surface area contributed by atoms with E-state index >= 15 is 0 Å². The molecule has 0 heterocycles. The summed E-state index contributed by atoms with van der Waals surface area (Å²) in [5, 5.41) is 10.6.